The third-order valence-electron chi connectivity index (χ3n) is 2.56. The molecule has 0 saturated heterocycles. The fourth-order valence-corrected chi connectivity index (χ4v) is 1.57. The summed E-state index contributed by atoms with van der Waals surface area (Å²) in [6, 6.07) is 3.68. The third-order valence-corrected chi connectivity index (χ3v) is 2.56. The summed E-state index contributed by atoms with van der Waals surface area (Å²) in [4.78, 5) is 4.36. The lowest BCUT2D eigenvalue weighted by Crippen LogP contribution is -2.10. The Balaban J connectivity index is 2.29. The number of hydrogen-bond donors (Lipinski definition) is 2. The van der Waals surface area contributed by atoms with E-state index in [1.54, 1.807) is 0 Å². The highest BCUT2D eigenvalue weighted by molar-refractivity contribution is 5.53. The SMILES string of the molecule is CCCOc1nc(NCCCOCC(C)C)ccc1N. The molecule has 0 aliphatic rings. The van der Waals surface area contributed by atoms with Gasteiger partial charge in [0.05, 0.1) is 12.3 Å². The second kappa shape index (κ2) is 9.42. The van der Waals surface area contributed by atoms with Gasteiger partial charge in [0.1, 0.15) is 5.82 Å². The van der Waals surface area contributed by atoms with E-state index in [4.69, 9.17) is 15.2 Å². The number of anilines is 2. The van der Waals surface area contributed by atoms with Gasteiger partial charge in [-0.25, -0.2) is 0 Å². The van der Waals surface area contributed by atoms with Gasteiger partial charge in [0.25, 0.3) is 0 Å². The van der Waals surface area contributed by atoms with Crippen molar-refractivity contribution >= 4 is 11.5 Å². The van der Waals surface area contributed by atoms with Crippen molar-refractivity contribution in [2.45, 2.75) is 33.6 Å². The molecule has 0 radical (unpaired) electrons. The predicted molar refractivity (Wildman–Crippen MR) is 83.2 cm³/mol. The first kappa shape index (κ1) is 16.6. The number of pyridine rings is 1. The fraction of sp³-hybridized carbons (Fsp3) is 0.667. The lowest BCUT2D eigenvalue weighted by atomic mass is 10.2. The second-order valence-corrected chi connectivity index (χ2v) is 5.19. The molecule has 20 heavy (non-hydrogen) atoms. The van der Waals surface area contributed by atoms with Crippen molar-refractivity contribution in [2.24, 2.45) is 5.92 Å². The Morgan fingerprint density at radius 1 is 1.30 bits per heavy atom. The van der Waals surface area contributed by atoms with Crippen molar-refractivity contribution < 1.29 is 9.47 Å². The molecule has 114 valence electrons. The molecule has 0 fully saturated rings. The summed E-state index contributed by atoms with van der Waals surface area (Å²) >= 11 is 0. The summed E-state index contributed by atoms with van der Waals surface area (Å²) in [6.07, 6.45) is 1.88. The van der Waals surface area contributed by atoms with Crippen LogP contribution in [0.15, 0.2) is 12.1 Å². The molecule has 0 bridgehead atoms. The molecule has 1 aromatic rings. The van der Waals surface area contributed by atoms with Crippen molar-refractivity contribution in [3.8, 4) is 5.88 Å². The van der Waals surface area contributed by atoms with E-state index in [0.717, 1.165) is 38.4 Å². The zero-order chi connectivity index (χ0) is 14.8. The highest BCUT2D eigenvalue weighted by atomic mass is 16.5. The minimum absolute atomic E-state index is 0.507. The van der Waals surface area contributed by atoms with Crippen molar-refractivity contribution in [2.75, 3.05) is 37.4 Å². The Labute approximate surface area is 121 Å². The van der Waals surface area contributed by atoms with Gasteiger partial charge in [-0.05, 0) is 30.9 Å². The topological polar surface area (TPSA) is 69.4 Å². The molecule has 5 nitrogen and oxygen atoms in total. The van der Waals surface area contributed by atoms with Crippen molar-refractivity contribution in [1.82, 2.24) is 4.98 Å². The van der Waals surface area contributed by atoms with Crippen LogP contribution in [0.5, 0.6) is 5.88 Å². The Bertz CT molecular complexity index is 383. The molecule has 0 saturated carbocycles. The number of rotatable bonds is 10. The summed E-state index contributed by atoms with van der Waals surface area (Å²) in [7, 11) is 0. The second-order valence-electron chi connectivity index (χ2n) is 5.19. The van der Waals surface area contributed by atoms with E-state index in [9.17, 15) is 0 Å². The Morgan fingerprint density at radius 3 is 2.80 bits per heavy atom. The molecule has 0 aromatic carbocycles. The minimum Gasteiger partial charge on any atom is -0.476 e. The van der Waals surface area contributed by atoms with Gasteiger partial charge in [-0.1, -0.05) is 20.8 Å². The van der Waals surface area contributed by atoms with Crippen LogP contribution in [0, 0.1) is 5.92 Å². The van der Waals surface area contributed by atoms with Gasteiger partial charge in [0.2, 0.25) is 5.88 Å². The zero-order valence-corrected chi connectivity index (χ0v) is 12.8. The molecule has 1 heterocycles. The molecule has 1 aromatic heterocycles. The molecule has 0 atom stereocenters. The number of nitrogen functional groups attached to an aromatic ring is 1. The van der Waals surface area contributed by atoms with Crippen molar-refractivity contribution in [3.05, 3.63) is 12.1 Å². The quantitative estimate of drug-likeness (QED) is 0.645. The predicted octanol–water partition coefficient (Wildman–Crippen LogP) is 2.93. The van der Waals surface area contributed by atoms with Gasteiger partial charge >= 0.3 is 0 Å². The van der Waals surface area contributed by atoms with Crippen LogP contribution in [-0.4, -0.2) is 31.3 Å². The van der Waals surface area contributed by atoms with E-state index in [0.29, 0.717) is 24.1 Å². The monoisotopic (exact) mass is 281 g/mol. The number of ether oxygens (including phenoxy) is 2. The lowest BCUT2D eigenvalue weighted by Gasteiger charge is -2.11. The highest BCUT2D eigenvalue weighted by Crippen LogP contribution is 2.20. The van der Waals surface area contributed by atoms with E-state index in [1.807, 2.05) is 12.1 Å². The van der Waals surface area contributed by atoms with Gasteiger partial charge in [0, 0.05) is 19.8 Å². The number of nitrogens with two attached hydrogens (primary N) is 1. The summed E-state index contributed by atoms with van der Waals surface area (Å²) in [5.74, 6) is 1.88. The number of hydrogen-bond acceptors (Lipinski definition) is 5. The molecule has 1 rings (SSSR count). The van der Waals surface area contributed by atoms with Crippen LogP contribution in [-0.2, 0) is 4.74 Å². The normalized spacial score (nSPS) is 10.8. The number of nitrogens with zero attached hydrogens (tertiary/aromatic N) is 1. The molecule has 5 heteroatoms. The van der Waals surface area contributed by atoms with Crippen LogP contribution in [0.3, 0.4) is 0 Å². The van der Waals surface area contributed by atoms with Crippen LogP contribution in [0.1, 0.15) is 33.6 Å². The highest BCUT2D eigenvalue weighted by Gasteiger charge is 2.03. The zero-order valence-electron chi connectivity index (χ0n) is 12.8. The largest absolute Gasteiger partial charge is 0.476 e. The maximum atomic E-state index is 5.82. The van der Waals surface area contributed by atoms with Crippen LogP contribution >= 0.6 is 0 Å². The molecule has 0 spiro atoms. The van der Waals surface area contributed by atoms with Gasteiger partial charge in [-0.3, -0.25) is 0 Å². The fourth-order valence-electron chi connectivity index (χ4n) is 1.57. The molecule has 0 aliphatic carbocycles. The van der Waals surface area contributed by atoms with Crippen LogP contribution in [0.2, 0.25) is 0 Å². The van der Waals surface area contributed by atoms with Gasteiger partial charge in [-0.2, -0.15) is 4.98 Å². The van der Waals surface area contributed by atoms with Gasteiger partial charge < -0.3 is 20.5 Å². The summed E-state index contributed by atoms with van der Waals surface area (Å²) in [6.45, 7) is 9.37. The summed E-state index contributed by atoms with van der Waals surface area (Å²) < 4.78 is 11.0. The maximum absolute atomic E-state index is 5.82. The third kappa shape index (κ3) is 6.61. The van der Waals surface area contributed by atoms with Gasteiger partial charge in [0.15, 0.2) is 0 Å². The molecular weight excluding hydrogens is 254 g/mol. The van der Waals surface area contributed by atoms with E-state index in [1.165, 1.54) is 0 Å². The Kier molecular flexibility index (Phi) is 7.80. The lowest BCUT2D eigenvalue weighted by molar-refractivity contribution is 0.110. The first-order valence-electron chi connectivity index (χ1n) is 7.34. The molecule has 3 N–H and O–H groups in total. The standard InChI is InChI=1S/C15H27N3O2/c1-4-9-20-15-13(16)6-7-14(18-15)17-8-5-10-19-11-12(2)3/h6-7,12H,4-5,8-11,16H2,1-3H3,(H,17,18). The van der Waals surface area contributed by atoms with E-state index in [-0.39, 0.29) is 0 Å². The van der Waals surface area contributed by atoms with Gasteiger partial charge in [-0.15, -0.1) is 0 Å². The first-order chi connectivity index (χ1) is 9.63. The molecule has 0 unspecified atom stereocenters. The van der Waals surface area contributed by atoms with Crippen molar-refractivity contribution in [3.63, 3.8) is 0 Å². The maximum Gasteiger partial charge on any atom is 0.239 e. The number of aromatic nitrogens is 1. The van der Waals surface area contributed by atoms with Crippen molar-refractivity contribution in [1.29, 1.82) is 0 Å². The Morgan fingerprint density at radius 2 is 2.10 bits per heavy atom. The minimum atomic E-state index is 0.507. The molecular formula is C15H27N3O2. The number of nitrogens with one attached hydrogen (secondary N) is 1. The summed E-state index contributed by atoms with van der Waals surface area (Å²) in [5, 5.41) is 3.25. The average molecular weight is 281 g/mol. The van der Waals surface area contributed by atoms with Crippen LogP contribution in [0.25, 0.3) is 0 Å². The first-order valence-corrected chi connectivity index (χ1v) is 7.34. The molecule has 0 aliphatic heterocycles. The van der Waals surface area contributed by atoms with E-state index >= 15 is 0 Å². The molecule has 0 amide bonds. The smallest absolute Gasteiger partial charge is 0.239 e. The van der Waals surface area contributed by atoms with Crippen LogP contribution in [0.4, 0.5) is 11.5 Å². The van der Waals surface area contributed by atoms with E-state index in [2.05, 4.69) is 31.1 Å². The van der Waals surface area contributed by atoms with E-state index < -0.39 is 0 Å². The summed E-state index contributed by atoms with van der Waals surface area (Å²) in [5.41, 5.74) is 6.39. The van der Waals surface area contributed by atoms with Crippen LogP contribution < -0.4 is 15.8 Å². The Hall–Kier alpha value is -1.49. The average Bonchev–Trinajstić information content (AvgIpc) is 2.42.